The van der Waals surface area contributed by atoms with Crippen LogP contribution >= 0.6 is 0 Å². The Morgan fingerprint density at radius 3 is 2.57 bits per heavy atom. The lowest BCUT2D eigenvalue weighted by atomic mass is 9.99. The van der Waals surface area contributed by atoms with Crippen LogP contribution in [0.4, 0.5) is 0 Å². The van der Waals surface area contributed by atoms with Gasteiger partial charge in [0.05, 0.1) is 17.8 Å². The molecule has 1 amide bonds. The Hall–Kier alpha value is -3.79. The number of carbonyl (C=O) groups is 1. The number of furan rings is 1. The van der Waals surface area contributed by atoms with Gasteiger partial charge in [0.1, 0.15) is 6.04 Å². The number of piperazine rings is 1. The van der Waals surface area contributed by atoms with Crippen molar-refractivity contribution in [1.29, 1.82) is 0 Å². The summed E-state index contributed by atoms with van der Waals surface area (Å²) in [5, 5.41) is 13.9. The second-order valence-electron chi connectivity index (χ2n) is 10.2. The second kappa shape index (κ2) is 9.59. The molecule has 10 heteroatoms. The lowest BCUT2D eigenvalue weighted by molar-refractivity contribution is 0.0557. The molecule has 0 bridgehead atoms. The number of rotatable bonds is 5. The molecule has 4 heterocycles. The van der Waals surface area contributed by atoms with E-state index in [4.69, 9.17) is 4.42 Å². The number of carbonyl (C=O) groups excluding carboxylic acids is 1. The molecular formula is C27H31N7O3. The number of amides is 1. The zero-order valence-corrected chi connectivity index (χ0v) is 21.2. The number of nitrogens with zero attached hydrogens (tertiary/aromatic N) is 6. The Labute approximate surface area is 214 Å². The molecule has 1 aliphatic heterocycles. The summed E-state index contributed by atoms with van der Waals surface area (Å²) >= 11 is 0. The predicted molar refractivity (Wildman–Crippen MR) is 137 cm³/mol. The molecule has 1 N–H and O–H groups in total. The van der Waals surface area contributed by atoms with Gasteiger partial charge in [-0.1, -0.05) is 25.0 Å². The van der Waals surface area contributed by atoms with Crippen LogP contribution in [0.25, 0.3) is 10.9 Å². The summed E-state index contributed by atoms with van der Waals surface area (Å²) in [6.45, 7) is 6.26. The summed E-state index contributed by atoms with van der Waals surface area (Å²) in [6.07, 6.45) is 5.87. The number of nitrogens with one attached hydrogen (secondary N) is 1. The van der Waals surface area contributed by atoms with Crippen molar-refractivity contribution in [3.8, 4) is 0 Å². The summed E-state index contributed by atoms with van der Waals surface area (Å²) in [5.41, 5.74) is 3.47. The van der Waals surface area contributed by atoms with E-state index in [2.05, 4.69) is 38.4 Å². The van der Waals surface area contributed by atoms with Crippen molar-refractivity contribution in [3.05, 3.63) is 75.2 Å². The molecule has 1 aliphatic carbocycles. The highest BCUT2D eigenvalue weighted by molar-refractivity contribution is 5.91. The van der Waals surface area contributed by atoms with Crippen LogP contribution in [0, 0.1) is 13.8 Å². The number of pyridine rings is 1. The number of fused-ring (bicyclic) bond motifs is 1. The van der Waals surface area contributed by atoms with Gasteiger partial charge in [-0.05, 0) is 66.4 Å². The Morgan fingerprint density at radius 2 is 1.84 bits per heavy atom. The average Bonchev–Trinajstić information content (AvgIpc) is 3.70. The van der Waals surface area contributed by atoms with Crippen molar-refractivity contribution in [1.82, 2.24) is 35.0 Å². The van der Waals surface area contributed by atoms with E-state index in [0.29, 0.717) is 43.3 Å². The summed E-state index contributed by atoms with van der Waals surface area (Å²) in [7, 11) is 0. The van der Waals surface area contributed by atoms with Crippen molar-refractivity contribution in [3.63, 3.8) is 0 Å². The van der Waals surface area contributed by atoms with Crippen molar-refractivity contribution < 1.29 is 9.21 Å². The first-order chi connectivity index (χ1) is 18.0. The average molecular weight is 502 g/mol. The van der Waals surface area contributed by atoms with Gasteiger partial charge < -0.3 is 14.3 Å². The Balaban J connectivity index is 1.40. The molecule has 1 aromatic carbocycles. The van der Waals surface area contributed by atoms with Gasteiger partial charge in [0, 0.05) is 37.1 Å². The van der Waals surface area contributed by atoms with Crippen LogP contribution in [0.5, 0.6) is 0 Å². The van der Waals surface area contributed by atoms with E-state index in [9.17, 15) is 9.59 Å². The Morgan fingerprint density at radius 1 is 1.08 bits per heavy atom. The lowest BCUT2D eigenvalue weighted by Gasteiger charge is -2.38. The summed E-state index contributed by atoms with van der Waals surface area (Å²) in [5.74, 6) is 0.909. The van der Waals surface area contributed by atoms with Gasteiger partial charge >= 0.3 is 0 Å². The van der Waals surface area contributed by atoms with Gasteiger partial charge in [0.25, 0.3) is 11.5 Å². The second-order valence-corrected chi connectivity index (χ2v) is 10.2. The minimum absolute atomic E-state index is 0.119. The number of aromatic amines is 1. The maximum absolute atomic E-state index is 13.6. The van der Waals surface area contributed by atoms with E-state index in [-0.39, 0.29) is 17.5 Å². The summed E-state index contributed by atoms with van der Waals surface area (Å²) < 4.78 is 7.26. The smallest absolute Gasteiger partial charge is 0.289 e. The fraction of sp³-hybridized carbons (Fsp3) is 0.444. The van der Waals surface area contributed by atoms with Crippen LogP contribution in [-0.2, 0) is 0 Å². The molecule has 37 heavy (non-hydrogen) atoms. The molecule has 192 valence electrons. The van der Waals surface area contributed by atoms with Crippen LogP contribution in [0.1, 0.15) is 70.8 Å². The highest BCUT2D eigenvalue weighted by atomic mass is 16.3. The van der Waals surface area contributed by atoms with Gasteiger partial charge in [0.15, 0.2) is 11.6 Å². The summed E-state index contributed by atoms with van der Waals surface area (Å²) in [6, 6.07) is 9.33. The first-order valence-electron chi connectivity index (χ1n) is 13.0. The molecule has 1 atom stereocenters. The van der Waals surface area contributed by atoms with Crippen LogP contribution in [-0.4, -0.2) is 67.1 Å². The SMILES string of the molecule is Cc1ccc(C)c2[nH]c(=O)c([C@H](c3nnnn3C3CCCC3)N3CCN(C(=O)c4ccco4)CC3)cc12. The van der Waals surface area contributed by atoms with E-state index < -0.39 is 6.04 Å². The molecule has 0 unspecified atom stereocenters. The normalized spacial score (nSPS) is 18.1. The third-order valence-electron chi connectivity index (χ3n) is 7.90. The standard InChI is InChI=1S/C27H31N7O3/c1-17-9-10-18(2)23-20(17)16-21(26(35)28-23)24(25-29-30-31-34(25)19-6-3-4-7-19)32-11-13-33(14-12-32)27(36)22-8-5-15-37-22/h5,8-10,15-16,19,24H,3-4,6-7,11-14H2,1-2H3,(H,28,35)/t24-/m1/s1. The maximum atomic E-state index is 13.6. The van der Waals surface area contributed by atoms with Crippen molar-refractivity contribution >= 4 is 16.8 Å². The lowest BCUT2D eigenvalue weighted by Crippen LogP contribution is -2.50. The van der Waals surface area contributed by atoms with E-state index in [1.807, 2.05) is 23.7 Å². The van der Waals surface area contributed by atoms with Crippen molar-refractivity contribution in [2.45, 2.75) is 51.6 Å². The number of benzene rings is 1. The zero-order chi connectivity index (χ0) is 25.5. The molecule has 0 spiro atoms. The molecule has 1 saturated carbocycles. The molecule has 6 rings (SSSR count). The molecule has 1 saturated heterocycles. The number of aryl methyl sites for hydroxylation is 2. The van der Waals surface area contributed by atoms with Gasteiger partial charge in [0.2, 0.25) is 0 Å². The third-order valence-corrected chi connectivity index (χ3v) is 7.90. The highest BCUT2D eigenvalue weighted by Gasteiger charge is 2.36. The zero-order valence-electron chi connectivity index (χ0n) is 21.2. The van der Waals surface area contributed by atoms with Crippen molar-refractivity contribution in [2.75, 3.05) is 26.2 Å². The monoisotopic (exact) mass is 501 g/mol. The largest absolute Gasteiger partial charge is 0.459 e. The van der Waals surface area contributed by atoms with Gasteiger partial charge in [-0.2, -0.15) is 0 Å². The van der Waals surface area contributed by atoms with Crippen LogP contribution in [0.3, 0.4) is 0 Å². The van der Waals surface area contributed by atoms with Crippen molar-refractivity contribution in [2.24, 2.45) is 0 Å². The molecule has 3 aromatic heterocycles. The Bertz CT molecular complexity index is 1480. The number of hydrogen-bond acceptors (Lipinski definition) is 7. The topological polar surface area (TPSA) is 113 Å². The Kier molecular flexibility index (Phi) is 6.11. The van der Waals surface area contributed by atoms with E-state index >= 15 is 0 Å². The quantitative estimate of drug-likeness (QED) is 0.446. The maximum Gasteiger partial charge on any atom is 0.289 e. The van der Waals surface area contributed by atoms with Gasteiger partial charge in [-0.3, -0.25) is 14.5 Å². The number of tetrazole rings is 1. The molecule has 2 aliphatic rings. The summed E-state index contributed by atoms with van der Waals surface area (Å²) in [4.78, 5) is 33.6. The molecule has 0 radical (unpaired) electrons. The fourth-order valence-corrected chi connectivity index (χ4v) is 5.82. The number of aromatic nitrogens is 5. The number of H-pyrrole nitrogens is 1. The first kappa shape index (κ1) is 23.6. The predicted octanol–water partition coefficient (Wildman–Crippen LogP) is 3.39. The van der Waals surface area contributed by atoms with Gasteiger partial charge in [-0.25, -0.2) is 4.68 Å². The van der Waals surface area contributed by atoms with Crippen LogP contribution < -0.4 is 5.56 Å². The molecule has 4 aromatic rings. The van der Waals surface area contributed by atoms with Crippen LogP contribution in [0.2, 0.25) is 0 Å². The molecule has 2 fully saturated rings. The molecular weight excluding hydrogens is 470 g/mol. The van der Waals surface area contributed by atoms with E-state index in [1.165, 1.54) is 6.26 Å². The number of hydrogen-bond donors (Lipinski definition) is 1. The first-order valence-corrected chi connectivity index (χ1v) is 13.0. The third kappa shape index (κ3) is 4.25. The van der Waals surface area contributed by atoms with Crippen LogP contribution in [0.15, 0.2) is 45.8 Å². The molecule has 10 nitrogen and oxygen atoms in total. The van der Waals surface area contributed by atoms with E-state index in [0.717, 1.165) is 47.7 Å². The minimum Gasteiger partial charge on any atom is -0.459 e. The van der Waals surface area contributed by atoms with E-state index in [1.54, 1.807) is 17.0 Å². The minimum atomic E-state index is -0.426. The highest BCUT2D eigenvalue weighted by Crippen LogP contribution is 2.34. The fourth-order valence-electron chi connectivity index (χ4n) is 5.82. The van der Waals surface area contributed by atoms with Gasteiger partial charge in [-0.15, -0.1) is 5.10 Å².